The van der Waals surface area contributed by atoms with Gasteiger partial charge in [0, 0.05) is 6.92 Å². The Bertz CT molecular complexity index is 1310. The van der Waals surface area contributed by atoms with Gasteiger partial charge in [-0.2, -0.15) is 5.26 Å². The number of anilines is 2. The minimum atomic E-state index is -0.978. The maximum absolute atomic E-state index is 13.2. The lowest BCUT2D eigenvalue weighted by atomic mass is 9.80. The molecule has 2 aromatic carbocycles. The summed E-state index contributed by atoms with van der Waals surface area (Å²) < 4.78 is 10.1. The summed E-state index contributed by atoms with van der Waals surface area (Å²) in [7, 11) is 2.36. The molecule has 0 bridgehead atoms. The van der Waals surface area contributed by atoms with Gasteiger partial charge >= 0.3 is 11.9 Å². The SMILES string of the molecule is COC(=O)C1=C(C(=O)OC)N(c2cc(C)cc(C)c2NC(C)=O)C(N)=C(C#N)C1c1ccccc1. The number of aryl methyl sites for hydroxylation is 2. The van der Waals surface area contributed by atoms with Crippen LogP contribution in [-0.4, -0.2) is 32.1 Å². The second-order valence-corrected chi connectivity index (χ2v) is 7.99. The van der Waals surface area contributed by atoms with Crippen molar-refractivity contribution in [3.8, 4) is 6.07 Å². The fourth-order valence-corrected chi connectivity index (χ4v) is 4.22. The van der Waals surface area contributed by atoms with E-state index in [-0.39, 0.29) is 28.6 Å². The summed E-state index contributed by atoms with van der Waals surface area (Å²) in [5, 5.41) is 12.9. The summed E-state index contributed by atoms with van der Waals surface area (Å²) >= 11 is 0. The molecule has 2 aromatic rings. The Hall–Kier alpha value is -4.58. The zero-order chi connectivity index (χ0) is 25.9. The number of methoxy groups -OCH3 is 2. The van der Waals surface area contributed by atoms with Gasteiger partial charge in [-0.3, -0.25) is 9.69 Å². The topological polar surface area (TPSA) is 135 Å². The Kier molecular flexibility index (Phi) is 7.25. The number of carbonyl (C=O) groups is 3. The number of amides is 1. The fraction of sp³-hybridized carbons (Fsp3) is 0.231. The fourth-order valence-electron chi connectivity index (χ4n) is 4.22. The molecular formula is C26H26N4O5. The Balaban J connectivity index is 2.50. The van der Waals surface area contributed by atoms with E-state index in [0.717, 1.165) is 5.56 Å². The van der Waals surface area contributed by atoms with Gasteiger partial charge < -0.3 is 20.5 Å². The quantitative estimate of drug-likeness (QED) is 0.631. The number of esters is 2. The highest BCUT2D eigenvalue weighted by molar-refractivity contribution is 6.08. The maximum atomic E-state index is 13.2. The number of benzene rings is 2. The number of rotatable bonds is 5. The van der Waals surface area contributed by atoms with E-state index < -0.39 is 17.9 Å². The van der Waals surface area contributed by atoms with Crippen molar-refractivity contribution in [1.29, 1.82) is 5.26 Å². The normalized spacial score (nSPS) is 15.4. The lowest BCUT2D eigenvalue weighted by Gasteiger charge is -2.37. The summed E-state index contributed by atoms with van der Waals surface area (Å²) in [6, 6.07) is 14.4. The second-order valence-electron chi connectivity index (χ2n) is 7.99. The zero-order valence-electron chi connectivity index (χ0n) is 20.1. The maximum Gasteiger partial charge on any atom is 0.355 e. The van der Waals surface area contributed by atoms with Crippen molar-refractivity contribution < 1.29 is 23.9 Å². The van der Waals surface area contributed by atoms with Crippen LogP contribution in [0.15, 0.2) is 65.1 Å². The first-order chi connectivity index (χ1) is 16.7. The monoisotopic (exact) mass is 474 g/mol. The van der Waals surface area contributed by atoms with E-state index in [1.165, 1.54) is 26.0 Å². The molecule has 0 spiro atoms. The summed E-state index contributed by atoms with van der Waals surface area (Å²) in [5.74, 6) is -3.09. The Labute approximate surface area is 203 Å². The molecule has 0 radical (unpaired) electrons. The van der Waals surface area contributed by atoms with E-state index in [0.29, 0.717) is 22.5 Å². The Morgan fingerprint density at radius 3 is 2.23 bits per heavy atom. The number of nitriles is 1. The van der Waals surface area contributed by atoms with Gasteiger partial charge in [0.1, 0.15) is 11.5 Å². The highest BCUT2D eigenvalue weighted by atomic mass is 16.5. The molecular weight excluding hydrogens is 448 g/mol. The predicted octanol–water partition coefficient (Wildman–Crippen LogP) is 3.16. The van der Waals surface area contributed by atoms with Crippen molar-refractivity contribution in [2.75, 3.05) is 24.4 Å². The van der Waals surface area contributed by atoms with Crippen molar-refractivity contribution in [2.24, 2.45) is 5.73 Å². The first-order valence-corrected chi connectivity index (χ1v) is 10.7. The van der Waals surface area contributed by atoms with E-state index in [1.54, 1.807) is 43.3 Å². The smallest absolute Gasteiger partial charge is 0.355 e. The molecule has 1 amide bonds. The highest BCUT2D eigenvalue weighted by Crippen LogP contribution is 2.45. The molecule has 0 saturated heterocycles. The third-order valence-electron chi connectivity index (χ3n) is 5.61. The molecule has 180 valence electrons. The molecule has 35 heavy (non-hydrogen) atoms. The summed E-state index contributed by atoms with van der Waals surface area (Å²) in [6.07, 6.45) is 0. The summed E-state index contributed by atoms with van der Waals surface area (Å²) in [6.45, 7) is 4.96. The number of hydrogen-bond donors (Lipinski definition) is 2. The largest absolute Gasteiger partial charge is 0.466 e. The van der Waals surface area contributed by atoms with Gasteiger partial charge in [0.2, 0.25) is 5.91 Å². The third kappa shape index (κ3) is 4.59. The van der Waals surface area contributed by atoms with Crippen LogP contribution in [0.25, 0.3) is 0 Å². The minimum absolute atomic E-state index is 0.0391. The number of ether oxygens (including phenoxy) is 2. The summed E-state index contributed by atoms with van der Waals surface area (Å²) in [5.41, 5.74) is 9.01. The number of nitrogens with one attached hydrogen (secondary N) is 1. The first-order valence-electron chi connectivity index (χ1n) is 10.7. The van der Waals surface area contributed by atoms with Gasteiger partial charge in [-0.1, -0.05) is 36.4 Å². The number of nitrogens with two attached hydrogens (primary N) is 1. The Morgan fingerprint density at radius 1 is 1.06 bits per heavy atom. The number of carbonyl (C=O) groups excluding carboxylic acids is 3. The van der Waals surface area contributed by atoms with Crippen LogP contribution in [0.2, 0.25) is 0 Å². The van der Waals surface area contributed by atoms with Crippen LogP contribution >= 0.6 is 0 Å². The molecule has 3 N–H and O–H groups in total. The van der Waals surface area contributed by atoms with E-state index in [2.05, 4.69) is 11.4 Å². The molecule has 1 heterocycles. The zero-order valence-corrected chi connectivity index (χ0v) is 20.1. The summed E-state index contributed by atoms with van der Waals surface area (Å²) in [4.78, 5) is 39.7. The van der Waals surface area contributed by atoms with Gasteiger partial charge in [0.25, 0.3) is 0 Å². The molecule has 0 fully saturated rings. The highest BCUT2D eigenvalue weighted by Gasteiger charge is 2.43. The van der Waals surface area contributed by atoms with Crippen molar-refractivity contribution >= 4 is 29.2 Å². The molecule has 0 aromatic heterocycles. The van der Waals surface area contributed by atoms with Crippen LogP contribution in [0.1, 0.15) is 29.5 Å². The molecule has 1 aliphatic heterocycles. The van der Waals surface area contributed by atoms with Gasteiger partial charge in [0.15, 0.2) is 0 Å². The molecule has 0 aliphatic carbocycles. The van der Waals surface area contributed by atoms with Crippen molar-refractivity contribution in [3.05, 3.63) is 81.8 Å². The Morgan fingerprint density at radius 2 is 1.69 bits per heavy atom. The molecule has 9 nitrogen and oxygen atoms in total. The molecule has 3 rings (SSSR count). The van der Waals surface area contributed by atoms with Crippen LogP contribution in [0.3, 0.4) is 0 Å². The third-order valence-corrected chi connectivity index (χ3v) is 5.61. The van der Waals surface area contributed by atoms with Crippen molar-refractivity contribution in [1.82, 2.24) is 0 Å². The lowest BCUT2D eigenvalue weighted by molar-refractivity contribution is -0.139. The number of hydrogen-bond acceptors (Lipinski definition) is 8. The van der Waals surface area contributed by atoms with Gasteiger partial charge in [-0.15, -0.1) is 0 Å². The van der Waals surface area contributed by atoms with Crippen LogP contribution in [-0.2, 0) is 23.9 Å². The molecule has 0 saturated carbocycles. The van der Waals surface area contributed by atoms with E-state index in [9.17, 15) is 19.6 Å². The number of nitrogens with zero attached hydrogens (tertiary/aromatic N) is 2. The van der Waals surface area contributed by atoms with E-state index in [1.807, 2.05) is 13.0 Å². The average Bonchev–Trinajstić information content (AvgIpc) is 2.84. The average molecular weight is 475 g/mol. The van der Waals surface area contributed by atoms with Gasteiger partial charge in [0.05, 0.1) is 48.7 Å². The van der Waals surface area contributed by atoms with E-state index >= 15 is 0 Å². The molecule has 9 heteroatoms. The minimum Gasteiger partial charge on any atom is -0.466 e. The second kappa shape index (κ2) is 10.1. The predicted molar refractivity (Wildman–Crippen MR) is 130 cm³/mol. The van der Waals surface area contributed by atoms with Crippen LogP contribution < -0.4 is 16.0 Å². The molecule has 1 atom stereocenters. The van der Waals surface area contributed by atoms with Crippen LogP contribution in [0.4, 0.5) is 11.4 Å². The van der Waals surface area contributed by atoms with Crippen LogP contribution in [0.5, 0.6) is 0 Å². The molecule has 1 unspecified atom stereocenters. The van der Waals surface area contributed by atoms with Crippen LogP contribution in [0, 0.1) is 25.2 Å². The first kappa shape index (κ1) is 25.1. The standard InChI is InChI=1S/C26H26N4O5/c1-14-11-15(2)22(29-16(3)31)19(12-14)30-23(26(33)35-5)21(25(32)34-4)20(18(13-27)24(30)28)17-9-7-6-8-10-17/h6-12,20H,28H2,1-5H3,(H,29,31). The lowest BCUT2D eigenvalue weighted by Crippen LogP contribution is -2.41. The van der Waals surface area contributed by atoms with Gasteiger partial charge in [-0.25, -0.2) is 9.59 Å². The number of allylic oxidation sites excluding steroid dienone is 1. The molecule has 1 aliphatic rings. The van der Waals surface area contributed by atoms with Crippen molar-refractivity contribution in [3.63, 3.8) is 0 Å². The van der Waals surface area contributed by atoms with Crippen molar-refractivity contribution in [2.45, 2.75) is 26.7 Å². The van der Waals surface area contributed by atoms with Gasteiger partial charge in [-0.05, 0) is 36.6 Å². The van der Waals surface area contributed by atoms with E-state index in [4.69, 9.17) is 15.2 Å².